The van der Waals surface area contributed by atoms with Crippen molar-refractivity contribution in [3.05, 3.63) is 35.4 Å². The summed E-state index contributed by atoms with van der Waals surface area (Å²) in [5.74, 6) is -1.10. The minimum absolute atomic E-state index is 0.106. The fourth-order valence-corrected chi connectivity index (χ4v) is 2.24. The third-order valence-corrected chi connectivity index (χ3v) is 3.29. The van der Waals surface area contributed by atoms with Crippen molar-refractivity contribution in [1.29, 1.82) is 0 Å². The van der Waals surface area contributed by atoms with Gasteiger partial charge in [0.25, 0.3) is 0 Å². The normalized spacial score (nSPS) is 16.8. The van der Waals surface area contributed by atoms with Gasteiger partial charge in [-0.05, 0) is 30.9 Å². The highest BCUT2D eigenvalue weighted by molar-refractivity contribution is 5.81. The number of hydrogen-bond acceptors (Lipinski definition) is 2. The van der Waals surface area contributed by atoms with E-state index in [4.69, 9.17) is 4.74 Å². The Bertz CT molecular complexity index is 406. The minimum Gasteiger partial charge on any atom is -0.381 e. The Balaban J connectivity index is 1.94. The van der Waals surface area contributed by atoms with Crippen molar-refractivity contribution in [3.8, 4) is 0 Å². The first-order chi connectivity index (χ1) is 8.66. The molecule has 0 bridgehead atoms. The summed E-state index contributed by atoms with van der Waals surface area (Å²) in [5.41, 5.74) is -0.116. The fraction of sp³-hybridized carbons (Fsp3) is 0.500. The van der Waals surface area contributed by atoms with E-state index in [0.717, 1.165) is 12.8 Å². The van der Waals surface area contributed by atoms with Crippen LogP contribution in [0.4, 0.5) is 8.78 Å². The predicted octanol–water partition coefficient (Wildman–Crippen LogP) is 2.89. The number of ketones is 1. The molecule has 98 valence electrons. The Kier molecular flexibility index (Phi) is 4.42. The topological polar surface area (TPSA) is 26.3 Å². The Morgan fingerprint density at radius 3 is 2.44 bits per heavy atom. The second-order valence-corrected chi connectivity index (χ2v) is 4.68. The van der Waals surface area contributed by atoms with Crippen LogP contribution in [0.2, 0.25) is 0 Å². The third-order valence-electron chi connectivity index (χ3n) is 3.29. The molecular formula is C14H16F2O2. The summed E-state index contributed by atoms with van der Waals surface area (Å²) in [5, 5.41) is 0. The molecule has 1 saturated heterocycles. The van der Waals surface area contributed by atoms with Gasteiger partial charge in [0.1, 0.15) is 17.4 Å². The minimum atomic E-state index is -0.643. The number of hydrogen-bond donors (Lipinski definition) is 0. The maximum absolute atomic E-state index is 13.4. The highest BCUT2D eigenvalue weighted by Crippen LogP contribution is 2.21. The average molecular weight is 254 g/mol. The van der Waals surface area contributed by atoms with E-state index in [1.165, 1.54) is 18.2 Å². The summed E-state index contributed by atoms with van der Waals surface area (Å²) >= 11 is 0. The zero-order chi connectivity index (χ0) is 13.0. The Morgan fingerprint density at radius 1 is 1.22 bits per heavy atom. The van der Waals surface area contributed by atoms with E-state index in [0.29, 0.717) is 25.6 Å². The molecular weight excluding hydrogens is 238 g/mol. The van der Waals surface area contributed by atoms with E-state index in [-0.39, 0.29) is 17.8 Å². The van der Waals surface area contributed by atoms with Gasteiger partial charge in [-0.15, -0.1) is 0 Å². The van der Waals surface area contributed by atoms with Gasteiger partial charge in [0.15, 0.2) is 0 Å². The van der Waals surface area contributed by atoms with Crippen molar-refractivity contribution >= 4 is 5.78 Å². The van der Waals surface area contributed by atoms with E-state index in [2.05, 4.69) is 0 Å². The molecule has 0 aliphatic carbocycles. The summed E-state index contributed by atoms with van der Waals surface area (Å²) in [6.45, 7) is 1.35. The maximum atomic E-state index is 13.4. The van der Waals surface area contributed by atoms with Gasteiger partial charge in [0.05, 0.1) is 0 Å². The van der Waals surface area contributed by atoms with E-state index in [1.54, 1.807) is 0 Å². The van der Waals surface area contributed by atoms with Gasteiger partial charge in [-0.2, -0.15) is 0 Å². The van der Waals surface area contributed by atoms with Crippen molar-refractivity contribution in [2.75, 3.05) is 13.2 Å². The second kappa shape index (κ2) is 6.05. The van der Waals surface area contributed by atoms with E-state index >= 15 is 0 Å². The third kappa shape index (κ3) is 3.35. The Labute approximate surface area is 105 Å². The second-order valence-electron chi connectivity index (χ2n) is 4.68. The number of carbonyl (C=O) groups is 1. The summed E-state index contributed by atoms with van der Waals surface area (Å²) in [6, 6.07) is 3.66. The summed E-state index contributed by atoms with van der Waals surface area (Å²) in [6.07, 6.45) is 1.93. The number of halogens is 2. The maximum Gasteiger partial charge on any atom is 0.137 e. The van der Waals surface area contributed by atoms with Crippen LogP contribution in [0, 0.1) is 17.6 Å². The van der Waals surface area contributed by atoms with Gasteiger partial charge >= 0.3 is 0 Å². The fourth-order valence-electron chi connectivity index (χ4n) is 2.24. The molecule has 1 aliphatic heterocycles. The molecule has 1 heterocycles. The molecule has 2 nitrogen and oxygen atoms in total. The standard InChI is InChI=1S/C14H16F2O2/c15-13-2-1-3-14(16)12(13)9-11(17)8-10-4-6-18-7-5-10/h1-3,10H,4-9H2. The zero-order valence-electron chi connectivity index (χ0n) is 10.1. The Hall–Kier alpha value is -1.29. The van der Waals surface area contributed by atoms with Crippen LogP contribution in [-0.4, -0.2) is 19.0 Å². The van der Waals surface area contributed by atoms with Gasteiger partial charge in [0.2, 0.25) is 0 Å². The van der Waals surface area contributed by atoms with Crippen molar-refractivity contribution in [3.63, 3.8) is 0 Å². The van der Waals surface area contributed by atoms with E-state index in [9.17, 15) is 13.6 Å². The number of carbonyl (C=O) groups excluding carboxylic acids is 1. The van der Waals surface area contributed by atoms with Crippen molar-refractivity contribution in [1.82, 2.24) is 0 Å². The van der Waals surface area contributed by atoms with Gasteiger partial charge < -0.3 is 4.74 Å². The van der Waals surface area contributed by atoms with Crippen LogP contribution in [0.1, 0.15) is 24.8 Å². The lowest BCUT2D eigenvalue weighted by molar-refractivity contribution is -0.120. The largest absolute Gasteiger partial charge is 0.381 e. The van der Waals surface area contributed by atoms with Gasteiger partial charge in [-0.3, -0.25) is 4.79 Å². The SMILES string of the molecule is O=C(Cc1c(F)cccc1F)CC1CCOCC1. The van der Waals surface area contributed by atoms with Gasteiger partial charge in [-0.1, -0.05) is 6.07 Å². The zero-order valence-corrected chi connectivity index (χ0v) is 10.1. The number of rotatable bonds is 4. The van der Waals surface area contributed by atoms with E-state index in [1.807, 2.05) is 0 Å². The highest BCUT2D eigenvalue weighted by Gasteiger charge is 2.19. The monoisotopic (exact) mass is 254 g/mol. The molecule has 18 heavy (non-hydrogen) atoms. The van der Waals surface area contributed by atoms with Crippen LogP contribution in [0.25, 0.3) is 0 Å². The molecule has 0 atom stereocenters. The molecule has 0 N–H and O–H groups in total. The molecule has 0 aromatic heterocycles. The molecule has 2 rings (SSSR count). The lowest BCUT2D eigenvalue weighted by atomic mass is 9.92. The van der Waals surface area contributed by atoms with Gasteiger partial charge in [0, 0.05) is 31.6 Å². The highest BCUT2D eigenvalue weighted by atomic mass is 19.1. The quantitative estimate of drug-likeness (QED) is 0.825. The van der Waals surface area contributed by atoms with Gasteiger partial charge in [-0.25, -0.2) is 8.78 Å². The first-order valence-electron chi connectivity index (χ1n) is 6.19. The van der Waals surface area contributed by atoms with Crippen LogP contribution in [0.15, 0.2) is 18.2 Å². The lowest BCUT2D eigenvalue weighted by Crippen LogP contribution is -2.20. The summed E-state index contributed by atoms with van der Waals surface area (Å²) < 4.78 is 32.0. The summed E-state index contributed by atoms with van der Waals surface area (Å²) in [7, 11) is 0. The van der Waals surface area contributed by atoms with Crippen molar-refractivity contribution in [2.45, 2.75) is 25.7 Å². The number of ether oxygens (including phenoxy) is 1. The first-order valence-corrected chi connectivity index (χ1v) is 6.19. The molecule has 1 aromatic carbocycles. The predicted molar refractivity (Wildman–Crippen MR) is 63.2 cm³/mol. The molecule has 0 spiro atoms. The molecule has 0 radical (unpaired) electrons. The molecule has 0 unspecified atom stereocenters. The Morgan fingerprint density at radius 2 is 1.83 bits per heavy atom. The molecule has 1 fully saturated rings. The molecule has 1 aromatic rings. The van der Waals surface area contributed by atoms with Crippen molar-refractivity contribution in [2.24, 2.45) is 5.92 Å². The molecule has 0 saturated carbocycles. The summed E-state index contributed by atoms with van der Waals surface area (Å²) in [4.78, 5) is 11.8. The van der Waals surface area contributed by atoms with Crippen LogP contribution >= 0.6 is 0 Å². The van der Waals surface area contributed by atoms with Crippen LogP contribution in [0.5, 0.6) is 0 Å². The van der Waals surface area contributed by atoms with Crippen LogP contribution < -0.4 is 0 Å². The molecule has 1 aliphatic rings. The number of benzene rings is 1. The molecule has 0 amide bonds. The van der Waals surface area contributed by atoms with Crippen LogP contribution in [0.3, 0.4) is 0 Å². The smallest absolute Gasteiger partial charge is 0.137 e. The first kappa shape index (κ1) is 13.1. The number of Topliss-reactive ketones (excluding diaryl/α,β-unsaturated/α-hetero) is 1. The lowest BCUT2D eigenvalue weighted by Gasteiger charge is -2.21. The van der Waals surface area contributed by atoms with Crippen LogP contribution in [-0.2, 0) is 16.0 Å². The average Bonchev–Trinajstić information content (AvgIpc) is 2.35. The van der Waals surface area contributed by atoms with Crippen molar-refractivity contribution < 1.29 is 18.3 Å². The van der Waals surface area contributed by atoms with E-state index < -0.39 is 11.6 Å². The molecule has 4 heteroatoms.